The molecule has 1 aromatic rings. The van der Waals surface area contributed by atoms with E-state index in [1.807, 2.05) is 11.4 Å². The van der Waals surface area contributed by atoms with Gasteiger partial charge >= 0.3 is 0 Å². The van der Waals surface area contributed by atoms with E-state index >= 15 is 0 Å². The van der Waals surface area contributed by atoms with E-state index in [2.05, 4.69) is 55.2 Å². The molecular weight excluding hydrogens is 357 g/mol. The predicted octanol–water partition coefficient (Wildman–Crippen LogP) is 4.64. The van der Waals surface area contributed by atoms with Crippen molar-refractivity contribution in [3.8, 4) is 0 Å². The van der Waals surface area contributed by atoms with Crippen molar-refractivity contribution in [2.24, 2.45) is 5.92 Å². The summed E-state index contributed by atoms with van der Waals surface area (Å²) in [6.45, 7) is 9.50. The number of hydrogen-bond acceptors (Lipinski definition) is 2. The average Bonchev–Trinajstić information content (AvgIpc) is 2.74. The van der Waals surface area contributed by atoms with Gasteiger partial charge in [-0.25, -0.2) is 0 Å². The van der Waals surface area contributed by atoms with E-state index in [1.165, 1.54) is 2.88 Å². The highest BCUT2D eigenvalue weighted by Crippen LogP contribution is 2.21. The Morgan fingerprint density at radius 2 is 2.00 bits per heavy atom. The van der Waals surface area contributed by atoms with Crippen LogP contribution in [0.1, 0.15) is 50.9 Å². The summed E-state index contributed by atoms with van der Waals surface area (Å²) >= 11 is 3.90. The Balaban J connectivity index is 2.91. The highest BCUT2D eigenvalue weighted by Gasteiger charge is 2.23. The van der Waals surface area contributed by atoms with Gasteiger partial charge in [0.2, 0.25) is 0 Å². The van der Waals surface area contributed by atoms with Gasteiger partial charge in [0.1, 0.15) is 0 Å². The van der Waals surface area contributed by atoms with Gasteiger partial charge in [-0.15, -0.1) is 11.3 Å². The van der Waals surface area contributed by atoms with Gasteiger partial charge in [0, 0.05) is 18.0 Å². The van der Waals surface area contributed by atoms with Gasteiger partial charge in [0.15, 0.2) is 0 Å². The van der Waals surface area contributed by atoms with Crippen molar-refractivity contribution in [3.63, 3.8) is 0 Å². The number of rotatable bonds is 6. The molecule has 0 aliphatic heterocycles. The number of hydrogen-bond donors (Lipinski definition) is 0. The van der Waals surface area contributed by atoms with E-state index in [0.29, 0.717) is 12.0 Å². The zero-order valence-electron chi connectivity index (χ0n) is 11.6. The summed E-state index contributed by atoms with van der Waals surface area (Å²) in [5.41, 5.74) is 0.844. The summed E-state index contributed by atoms with van der Waals surface area (Å²) in [7, 11) is 0. The van der Waals surface area contributed by atoms with Gasteiger partial charge in [-0.1, -0.05) is 27.7 Å². The maximum absolute atomic E-state index is 12.6. The molecule has 102 valence electrons. The molecule has 0 bridgehead atoms. The summed E-state index contributed by atoms with van der Waals surface area (Å²) in [6.07, 6.45) is 2.05. The van der Waals surface area contributed by atoms with E-state index in [9.17, 15) is 4.79 Å². The third-order valence-electron chi connectivity index (χ3n) is 3.02. The van der Waals surface area contributed by atoms with Crippen LogP contribution in [0, 0.1) is 8.80 Å². The topological polar surface area (TPSA) is 20.3 Å². The van der Waals surface area contributed by atoms with Crippen LogP contribution in [-0.4, -0.2) is 23.4 Å². The van der Waals surface area contributed by atoms with E-state index in [1.54, 1.807) is 11.3 Å². The second-order valence-corrected chi connectivity index (χ2v) is 7.77. The van der Waals surface area contributed by atoms with Crippen molar-refractivity contribution in [3.05, 3.63) is 19.9 Å². The lowest BCUT2D eigenvalue weighted by molar-refractivity contribution is 0.0641. The minimum Gasteiger partial charge on any atom is -0.335 e. The zero-order chi connectivity index (χ0) is 13.7. The lowest BCUT2D eigenvalue weighted by Gasteiger charge is -2.32. The van der Waals surface area contributed by atoms with Gasteiger partial charge in [-0.3, -0.25) is 4.79 Å². The molecule has 0 aliphatic carbocycles. The summed E-state index contributed by atoms with van der Waals surface area (Å²) in [5, 5.41) is 1.97. The lowest BCUT2D eigenvalue weighted by Crippen LogP contribution is -2.41. The Kier molecular flexibility index (Phi) is 6.63. The fourth-order valence-electron chi connectivity index (χ4n) is 2.11. The molecule has 1 rings (SSSR count). The lowest BCUT2D eigenvalue weighted by atomic mass is 10.1. The molecule has 0 fully saturated rings. The van der Waals surface area contributed by atoms with E-state index in [4.69, 9.17) is 0 Å². The van der Waals surface area contributed by atoms with Crippen molar-refractivity contribution in [2.75, 3.05) is 6.54 Å². The summed E-state index contributed by atoms with van der Waals surface area (Å²) in [4.78, 5) is 14.6. The Hall–Kier alpha value is -0.100. The molecule has 0 saturated heterocycles. The van der Waals surface area contributed by atoms with Gasteiger partial charge in [-0.2, -0.15) is 0 Å². The molecule has 0 saturated carbocycles. The Morgan fingerprint density at radius 1 is 1.39 bits per heavy atom. The van der Waals surface area contributed by atoms with Crippen molar-refractivity contribution in [2.45, 2.75) is 46.6 Å². The van der Waals surface area contributed by atoms with Crippen molar-refractivity contribution >= 4 is 39.8 Å². The fourth-order valence-corrected chi connectivity index (χ4v) is 3.43. The van der Waals surface area contributed by atoms with Crippen molar-refractivity contribution in [1.29, 1.82) is 0 Å². The van der Waals surface area contributed by atoms with Crippen LogP contribution in [0.25, 0.3) is 0 Å². The van der Waals surface area contributed by atoms with Crippen molar-refractivity contribution in [1.82, 2.24) is 4.90 Å². The molecule has 18 heavy (non-hydrogen) atoms. The predicted molar refractivity (Wildman–Crippen MR) is 87.3 cm³/mol. The van der Waals surface area contributed by atoms with E-state index in [0.717, 1.165) is 24.9 Å². The molecule has 4 heteroatoms. The molecule has 0 radical (unpaired) electrons. The van der Waals surface area contributed by atoms with Crippen LogP contribution in [0.2, 0.25) is 0 Å². The highest BCUT2D eigenvalue weighted by atomic mass is 127. The molecule has 0 spiro atoms. The van der Waals surface area contributed by atoms with Gasteiger partial charge in [-0.05, 0) is 47.4 Å². The second kappa shape index (κ2) is 7.48. The minimum absolute atomic E-state index is 0.191. The van der Waals surface area contributed by atoms with Crippen molar-refractivity contribution < 1.29 is 4.79 Å². The zero-order valence-corrected chi connectivity index (χ0v) is 14.5. The number of nitrogens with zero attached hydrogens (tertiary/aromatic N) is 1. The average molecular weight is 379 g/mol. The molecule has 1 amide bonds. The second-order valence-electron chi connectivity index (χ2n) is 4.96. The van der Waals surface area contributed by atoms with Gasteiger partial charge in [0.05, 0.1) is 8.45 Å². The smallest absolute Gasteiger partial charge is 0.254 e. The normalized spacial score (nSPS) is 11.3. The number of amides is 1. The van der Waals surface area contributed by atoms with Crippen LogP contribution < -0.4 is 0 Å². The standard InChI is InChI=1S/C14H22INOS/c1-5-12(6-2)16(8-10(3)4)14(17)11-7-13(15)18-9-11/h7,9-10,12H,5-6,8H2,1-4H3. The fraction of sp³-hybridized carbons (Fsp3) is 0.643. The molecule has 0 aromatic carbocycles. The molecular formula is C14H22INOS. The highest BCUT2D eigenvalue weighted by molar-refractivity contribution is 14.1. The molecule has 0 N–H and O–H groups in total. The third-order valence-corrected chi connectivity index (χ3v) is 4.81. The molecule has 0 aliphatic rings. The molecule has 0 unspecified atom stereocenters. The van der Waals surface area contributed by atoms with Gasteiger partial charge < -0.3 is 4.90 Å². The molecule has 1 aromatic heterocycles. The first-order chi connectivity index (χ1) is 8.49. The maximum atomic E-state index is 12.6. The molecule has 1 heterocycles. The van der Waals surface area contributed by atoms with E-state index in [-0.39, 0.29) is 5.91 Å². The van der Waals surface area contributed by atoms with Crippen LogP contribution >= 0.6 is 33.9 Å². The van der Waals surface area contributed by atoms with Crippen LogP contribution in [0.5, 0.6) is 0 Å². The SMILES string of the molecule is CCC(CC)N(CC(C)C)C(=O)c1csc(I)c1. The number of carbonyl (C=O) groups is 1. The maximum Gasteiger partial charge on any atom is 0.254 e. The van der Waals surface area contributed by atoms with E-state index < -0.39 is 0 Å². The van der Waals surface area contributed by atoms with Crippen LogP contribution in [0.4, 0.5) is 0 Å². The summed E-state index contributed by atoms with van der Waals surface area (Å²) < 4.78 is 1.17. The Bertz CT molecular complexity index is 385. The Morgan fingerprint density at radius 3 is 2.39 bits per heavy atom. The third kappa shape index (κ3) is 4.23. The first-order valence-electron chi connectivity index (χ1n) is 6.54. The molecule has 2 nitrogen and oxygen atoms in total. The largest absolute Gasteiger partial charge is 0.335 e. The first kappa shape index (κ1) is 16.0. The summed E-state index contributed by atoms with van der Waals surface area (Å²) in [5.74, 6) is 0.698. The van der Waals surface area contributed by atoms with Crippen LogP contribution in [0.3, 0.4) is 0 Å². The quantitative estimate of drug-likeness (QED) is 0.660. The number of carbonyl (C=O) groups excluding carboxylic acids is 1. The number of thiophene rings is 1. The summed E-state index contributed by atoms with van der Waals surface area (Å²) in [6, 6.07) is 2.35. The minimum atomic E-state index is 0.191. The monoisotopic (exact) mass is 379 g/mol. The first-order valence-corrected chi connectivity index (χ1v) is 8.50. The van der Waals surface area contributed by atoms with Gasteiger partial charge in [0.25, 0.3) is 5.91 Å². The molecule has 0 atom stereocenters. The Labute approximate surface area is 128 Å². The number of halogens is 1. The van der Waals surface area contributed by atoms with Crippen LogP contribution in [-0.2, 0) is 0 Å². The van der Waals surface area contributed by atoms with Crippen LogP contribution in [0.15, 0.2) is 11.4 Å².